The van der Waals surface area contributed by atoms with Crippen LogP contribution < -0.4 is 0 Å². The fraction of sp³-hybridized carbons (Fsp3) is 0.941. The number of aliphatic hydroxyl groups is 1. The van der Waals surface area contributed by atoms with Gasteiger partial charge in [-0.25, -0.2) is 0 Å². The third-order valence-electron chi connectivity index (χ3n) is 5.23. The summed E-state index contributed by atoms with van der Waals surface area (Å²) in [6, 6.07) is 0. The van der Waals surface area contributed by atoms with E-state index >= 15 is 0 Å². The predicted molar refractivity (Wildman–Crippen MR) is 81.7 cm³/mol. The van der Waals surface area contributed by atoms with Crippen molar-refractivity contribution in [2.75, 3.05) is 6.61 Å². The first kappa shape index (κ1) is 17.1. The molecule has 5 atom stereocenters. The lowest BCUT2D eigenvalue weighted by Gasteiger charge is -2.28. The molecule has 2 N–H and O–H groups in total. The highest BCUT2D eigenvalue weighted by atomic mass is 16.7. The van der Waals surface area contributed by atoms with Crippen LogP contribution in [0.1, 0.15) is 64.2 Å². The van der Waals surface area contributed by atoms with E-state index in [9.17, 15) is 9.90 Å². The van der Waals surface area contributed by atoms with Crippen LogP contribution >= 0.6 is 0 Å². The van der Waals surface area contributed by atoms with Crippen molar-refractivity contribution in [1.82, 2.24) is 0 Å². The van der Waals surface area contributed by atoms with Gasteiger partial charge < -0.3 is 24.4 Å². The molecule has 3 fully saturated rings. The molecular weight excluding hydrogens is 300 g/mol. The number of hydrogen-bond donors (Lipinski definition) is 2. The van der Waals surface area contributed by atoms with E-state index < -0.39 is 11.8 Å². The van der Waals surface area contributed by atoms with Gasteiger partial charge in [0.15, 0.2) is 12.1 Å². The molecule has 2 heterocycles. The van der Waals surface area contributed by atoms with Gasteiger partial charge in [0.25, 0.3) is 0 Å². The van der Waals surface area contributed by atoms with E-state index in [1.807, 2.05) is 0 Å². The number of carbonyl (C=O) groups is 1. The molecule has 6 heteroatoms. The summed E-state index contributed by atoms with van der Waals surface area (Å²) in [5, 5.41) is 19.2. The number of carboxylic acids is 1. The molecule has 1 aliphatic carbocycles. The minimum absolute atomic E-state index is 0.0630. The van der Waals surface area contributed by atoms with Crippen molar-refractivity contribution in [3.8, 4) is 0 Å². The lowest BCUT2D eigenvalue weighted by Crippen LogP contribution is -2.31. The van der Waals surface area contributed by atoms with E-state index in [4.69, 9.17) is 19.3 Å². The highest BCUT2D eigenvalue weighted by Crippen LogP contribution is 2.46. The Hall–Kier alpha value is -0.690. The molecule has 0 aromatic carbocycles. The monoisotopic (exact) mass is 328 g/mol. The van der Waals surface area contributed by atoms with Crippen LogP contribution in [0.3, 0.4) is 0 Å². The molecule has 1 saturated carbocycles. The molecule has 0 aromatic heterocycles. The second kappa shape index (κ2) is 7.47. The molecule has 2 saturated heterocycles. The van der Waals surface area contributed by atoms with Gasteiger partial charge in [0.2, 0.25) is 0 Å². The molecule has 2 unspecified atom stereocenters. The Balaban J connectivity index is 1.39. The number of ether oxygens (including phenoxy) is 3. The van der Waals surface area contributed by atoms with Crippen molar-refractivity contribution in [3.63, 3.8) is 0 Å². The zero-order valence-electron chi connectivity index (χ0n) is 13.6. The molecule has 2 aliphatic heterocycles. The minimum Gasteiger partial charge on any atom is -0.481 e. The fourth-order valence-electron chi connectivity index (χ4n) is 4.12. The summed E-state index contributed by atoms with van der Waals surface area (Å²) in [6.45, 7) is 0.789. The molecule has 0 bridgehead atoms. The van der Waals surface area contributed by atoms with Crippen LogP contribution in [0.4, 0.5) is 0 Å². The molecule has 0 spiro atoms. The number of unbranched alkanes of at least 4 members (excludes halogenated alkanes) is 1. The van der Waals surface area contributed by atoms with E-state index in [1.165, 1.54) is 0 Å². The Morgan fingerprint density at radius 1 is 1.26 bits per heavy atom. The average Bonchev–Trinajstić information content (AvgIpc) is 2.99. The second-order valence-corrected chi connectivity index (χ2v) is 7.19. The van der Waals surface area contributed by atoms with Crippen LogP contribution in [0.25, 0.3) is 0 Å². The van der Waals surface area contributed by atoms with E-state index in [2.05, 4.69) is 0 Å². The molecule has 3 rings (SSSR count). The van der Waals surface area contributed by atoms with E-state index in [-0.39, 0.29) is 24.9 Å². The third kappa shape index (κ3) is 4.66. The van der Waals surface area contributed by atoms with E-state index in [0.29, 0.717) is 31.6 Å². The smallest absolute Gasteiger partial charge is 0.303 e. The topological polar surface area (TPSA) is 85.2 Å². The quantitative estimate of drug-likeness (QED) is 0.698. The first-order chi connectivity index (χ1) is 11.0. The Morgan fingerprint density at radius 2 is 2.13 bits per heavy atom. The number of fused-ring (bicyclic) bond motifs is 1. The Bertz CT molecular complexity index is 392. The molecule has 132 valence electrons. The van der Waals surface area contributed by atoms with Crippen molar-refractivity contribution < 1.29 is 29.2 Å². The van der Waals surface area contributed by atoms with E-state index in [1.54, 1.807) is 0 Å². The summed E-state index contributed by atoms with van der Waals surface area (Å²) in [4.78, 5) is 10.5. The maximum absolute atomic E-state index is 10.5. The predicted octanol–water partition coefficient (Wildman–Crippen LogP) is 2.43. The number of carboxylic acid groups (broad SMARTS) is 1. The molecule has 0 radical (unpaired) electrons. The maximum atomic E-state index is 10.5. The lowest BCUT2D eigenvalue weighted by atomic mass is 9.96. The molecule has 3 aliphatic rings. The van der Waals surface area contributed by atoms with Crippen molar-refractivity contribution in [3.05, 3.63) is 0 Å². The van der Waals surface area contributed by atoms with Crippen LogP contribution in [0, 0.1) is 5.92 Å². The maximum Gasteiger partial charge on any atom is 0.303 e. The highest BCUT2D eigenvalue weighted by molar-refractivity contribution is 5.66. The Kier molecular flexibility index (Phi) is 5.57. The van der Waals surface area contributed by atoms with Gasteiger partial charge in [0.05, 0.1) is 12.2 Å². The van der Waals surface area contributed by atoms with Gasteiger partial charge in [-0.2, -0.15) is 0 Å². The molecule has 0 aromatic rings. The van der Waals surface area contributed by atoms with Crippen LogP contribution in [0.2, 0.25) is 0 Å². The van der Waals surface area contributed by atoms with Crippen LogP contribution in [0.5, 0.6) is 0 Å². The summed E-state index contributed by atoms with van der Waals surface area (Å²) in [5.74, 6) is -1.51. The van der Waals surface area contributed by atoms with Gasteiger partial charge in [-0.1, -0.05) is 0 Å². The Labute approximate surface area is 137 Å². The Morgan fingerprint density at radius 3 is 2.83 bits per heavy atom. The average molecular weight is 328 g/mol. The zero-order valence-corrected chi connectivity index (χ0v) is 13.6. The van der Waals surface area contributed by atoms with Gasteiger partial charge in [0, 0.05) is 32.3 Å². The lowest BCUT2D eigenvalue weighted by molar-refractivity contribution is -0.212. The normalized spacial score (nSPS) is 40.2. The standard InChI is InChI=1S/C17H28O6/c18-15(19)5-1-3-7-17(20)11-12-9-13(10-14(12)23-17)22-16-6-2-4-8-21-16/h12-14,16,20H,1-11H2,(H,18,19)/t12-,13-,14-,16?,17?/m0/s1. The van der Waals surface area contributed by atoms with Crippen molar-refractivity contribution in [2.24, 2.45) is 5.92 Å². The van der Waals surface area contributed by atoms with Gasteiger partial charge in [-0.05, 0) is 44.4 Å². The minimum atomic E-state index is -1.07. The van der Waals surface area contributed by atoms with Crippen molar-refractivity contribution in [1.29, 1.82) is 0 Å². The first-order valence-electron chi connectivity index (χ1n) is 8.93. The largest absolute Gasteiger partial charge is 0.481 e. The summed E-state index contributed by atoms with van der Waals surface area (Å²) in [6.07, 6.45) is 7.73. The number of rotatable bonds is 7. The van der Waals surface area contributed by atoms with Crippen molar-refractivity contribution >= 4 is 5.97 Å². The molecule has 6 nitrogen and oxygen atoms in total. The third-order valence-corrected chi connectivity index (χ3v) is 5.23. The SMILES string of the molecule is O=C(O)CCCCC1(O)C[C@@H]2C[C@H](OC3CCCCO3)C[C@@H]2O1. The zero-order chi connectivity index (χ0) is 16.3. The van der Waals surface area contributed by atoms with Crippen LogP contribution in [-0.4, -0.2) is 47.1 Å². The van der Waals surface area contributed by atoms with Crippen LogP contribution in [0.15, 0.2) is 0 Å². The summed E-state index contributed by atoms with van der Waals surface area (Å²) in [5.41, 5.74) is 0. The second-order valence-electron chi connectivity index (χ2n) is 7.19. The summed E-state index contributed by atoms with van der Waals surface area (Å²) >= 11 is 0. The molecule has 23 heavy (non-hydrogen) atoms. The van der Waals surface area contributed by atoms with Gasteiger partial charge in [0.1, 0.15) is 0 Å². The van der Waals surface area contributed by atoms with Crippen molar-refractivity contribution in [2.45, 2.75) is 88.5 Å². The number of aliphatic carboxylic acids is 1. The van der Waals surface area contributed by atoms with Gasteiger partial charge in [-0.3, -0.25) is 4.79 Å². The fourth-order valence-corrected chi connectivity index (χ4v) is 4.12. The van der Waals surface area contributed by atoms with Crippen LogP contribution in [-0.2, 0) is 19.0 Å². The molecular formula is C17H28O6. The summed E-state index contributed by atoms with van der Waals surface area (Å²) in [7, 11) is 0. The van der Waals surface area contributed by atoms with E-state index in [0.717, 1.165) is 38.7 Å². The van der Waals surface area contributed by atoms with Gasteiger partial charge >= 0.3 is 5.97 Å². The first-order valence-corrected chi connectivity index (χ1v) is 8.93. The highest BCUT2D eigenvalue weighted by Gasteiger charge is 2.50. The summed E-state index contributed by atoms with van der Waals surface area (Å²) < 4.78 is 17.5. The number of hydrogen-bond acceptors (Lipinski definition) is 5. The molecule has 0 amide bonds. The van der Waals surface area contributed by atoms with Gasteiger partial charge in [-0.15, -0.1) is 0 Å².